The molecule has 0 saturated carbocycles. The molecule has 1 unspecified atom stereocenters. The molecule has 4 rings (SSSR count). The van der Waals surface area contributed by atoms with Gasteiger partial charge in [0.15, 0.2) is 0 Å². The minimum absolute atomic E-state index is 0.275. The summed E-state index contributed by atoms with van der Waals surface area (Å²) in [6, 6.07) is 12.4. The number of hydrogen-bond donors (Lipinski definition) is 2. The summed E-state index contributed by atoms with van der Waals surface area (Å²) in [6.07, 6.45) is 4.89. The van der Waals surface area contributed by atoms with Crippen LogP contribution in [0.5, 0.6) is 0 Å². The van der Waals surface area contributed by atoms with Gasteiger partial charge in [0.25, 0.3) is 0 Å². The van der Waals surface area contributed by atoms with E-state index in [1.807, 2.05) is 16.7 Å². The lowest BCUT2D eigenvalue weighted by Crippen LogP contribution is -2.20. The maximum atomic E-state index is 13.5. The molecule has 7 heteroatoms. The normalized spacial score (nSPS) is 12.3. The van der Waals surface area contributed by atoms with Crippen LogP contribution in [0.15, 0.2) is 54.9 Å². The average molecular weight is 419 g/mol. The molecule has 0 aliphatic carbocycles. The van der Waals surface area contributed by atoms with Crippen LogP contribution in [0.2, 0.25) is 0 Å². The number of benzene rings is 1. The number of imidazole rings is 1. The maximum absolute atomic E-state index is 13.5. The van der Waals surface area contributed by atoms with Gasteiger partial charge < -0.3 is 10.6 Å². The Balaban J connectivity index is 1.78. The summed E-state index contributed by atoms with van der Waals surface area (Å²) in [5, 5.41) is 6.50. The molecule has 0 aliphatic heterocycles. The fraction of sp³-hybridized carbons (Fsp3) is 0.292. The Morgan fingerprint density at radius 2 is 1.90 bits per heavy atom. The molecule has 3 heterocycles. The second-order valence-corrected chi connectivity index (χ2v) is 7.74. The minimum Gasteiger partial charge on any atom is -0.357 e. The van der Waals surface area contributed by atoms with Crippen molar-refractivity contribution in [3.05, 3.63) is 66.2 Å². The predicted octanol–water partition coefficient (Wildman–Crippen LogP) is 4.77. The molecule has 3 aromatic heterocycles. The SMILES string of the molecule is CCC(C)CNCc1ccn2c(-c3ccnc(NC)n3)c(-c3ccc(F)cc3)nc2c1. The van der Waals surface area contributed by atoms with Gasteiger partial charge in [-0.05, 0) is 60.5 Å². The second kappa shape index (κ2) is 9.22. The minimum atomic E-state index is -0.275. The van der Waals surface area contributed by atoms with Gasteiger partial charge in [-0.1, -0.05) is 20.3 Å². The molecular formula is C24H27FN6. The average Bonchev–Trinajstić information content (AvgIpc) is 3.18. The summed E-state index contributed by atoms with van der Waals surface area (Å²) in [6.45, 7) is 6.21. The van der Waals surface area contributed by atoms with Crippen molar-refractivity contribution in [2.45, 2.75) is 26.8 Å². The standard InChI is InChI=1S/C24H27FN6/c1-4-16(2)14-27-15-17-10-12-31-21(13-17)30-22(18-5-7-19(25)8-6-18)23(31)20-9-11-28-24(26-3)29-20/h5-13,16,27H,4,14-15H2,1-3H3,(H,26,28,29). The summed E-state index contributed by atoms with van der Waals surface area (Å²) in [5.41, 5.74) is 5.17. The van der Waals surface area contributed by atoms with Crippen LogP contribution in [-0.4, -0.2) is 32.9 Å². The quantitative estimate of drug-likeness (QED) is 0.431. The molecule has 2 N–H and O–H groups in total. The fourth-order valence-electron chi connectivity index (χ4n) is 3.47. The van der Waals surface area contributed by atoms with Gasteiger partial charge in [0.1, 0.15) is 11.5 Å². The molecule has 6 nitrogen and oxygen atoms in total. The van der Waals surface area contributed by atoms with Crippen molar-refractivity contribution in [2.75, 3.05) is 18.9 Å². The van der Waals surface area contributed by atoms with Gasteiger partial charge in [0.2, 0.25) is 5.95 Å². The lowest BCUT2D eigenvalue weighted by molar-refractivity contribution is 0.500. The van der Waals surface area contributed by atoms with Gasteiger partial charge in [-0.15, -0.1) is 0 Å². The molecule has 0 saturated heterocycles. The van der Waals surface area contributed by atoms with E-state index < -0.39 is 0 Å². The van der Waals surface area contributed by atoms with Gasteiger partial charge in [0, 0.05) is 31.5 Å². The smallest absolute Gasteiger partial charge is 0.222 e. The monoisotopic (exact) mass is 418 g/mol. The lowest BCUT2D eigenvalue weighted by atomic mass is 10.1. The van der Waals surface area contributed by atoms with Crippen LogP contribution in [-0.2, 0) is 6.54 Å². The van der Waals surface area contributed by atoms with Crippen molar-refractivity contribution < 1.29 is 4.39 Å². The summed E-state index contributed by atoms with van der Waals surface area (Å²) >= 11 is 0. The van der Waals surface area contributed by atoms with Gasteiger partial charge in [-0.25, -0.2) is 19.3 Å². The Morgan fingerprint density at radius 1 is 1.10 bits per heavy atom. The number of nitrogens with zero attached hydrogens (tertiary/aromatic N) is 4. The molecule has 4 aromatic rings. The highest BCUT2D eigenvalue weighted by Crippen LogP contribution is 2.32. The number of fused-ring (bicyclic) bond motifs is 1. The van der Waals surface area contributed by atoms with Crippen LogP contribution in [0.1, 0.15) is 25.8 Å². The van der Waals surface area contributed by atoms with E-state index in [1.54, 1.807) is 25.4 Å². The first-order valence-electron chi connectivity index (χ1n) is 10.6. The molecule has 0 amide bonds. The zero-order valence-electron chi connectivity index (χ0n) is 18.1. The molecule has 0 aliphatic rings. The highest BCUT2D eigenvalue weighted by Gasteiger charge is 2.18. The fourth-order valence-corrected chi connectivity index (χ4v) is 3.47. The number of aromatic nitrogens is 4. The number of hydrogen-bond acceptors (Lipinski definition) is 5. The highest BCUT2D eigenvalue weighted by atomic mass is 19.1. The first kappa shape index (κ1) is 20.9. The van der Waals surface area contributed by atoms with Crippen molar-refractivity contribution in [3.63, 3.8) is 0 Å². The Kier molecular flexibility index (Phi) is 6.23. The maximum Gasteiger partial charge on any atom is 0.222 e. The zero-order chi connectivity index (χ0) is 21.8. The Labute approximate surface area is 181 Å². The summed E-state index contributed by atoms with van der Waals surface area (Å²) < 4.78 is 15.5. The van der Waals surface area contributed by atoms with E-state index >= 15 is 0 Å². The molecule has 31 heavy (non-hydrogen) atoms. The number of rotatable bonds is 8. The van der Waals surface area contributed by atoms with Crippen LogP contribution in [0.3, 0.4) is 0 Å². The van der Waals surface area contributed by atoms with E-state index in [4.69, 9.17) is 4.98 Å². The first-order valence-corrected chi connectivity index (χ1v) is 10.6. The third kappa shape index (κ3) is 4.56. The van der Waals surface area contributed by atoms with Crippen molar-refractivity contribution >= 4 is 11.6 Å². The van der Waals surface area contributed by atoms with E-state index in [1.165, 1.54) is 12.1 Å². The number of halogens is 1. The first-order chi connectivity index (χ1) is 15.1. The van der Waals surface area contributed by atoms with E-state index in [-0.39, 0.29) is 5.82 Å². The Morgan fingerprint density at radius 3 is 2.65 bits per heavy atom. The molecule has 1 atom stereocenters. The molecule has 0 spiro atoms. The van der Waals surface area contributed by atoms with Crippen molar-refractivity contribution in [1.29, 1.82) is 0 Å². The molecular weight excluding hydrogens is 391 g/mol. The number of anilines is 1. The molecule has 160 valence electrons. The molecule has 0 bridgehead atoms. The van der Waals surface area contributed by atoms with Crippen LogP contribution in [0, 0.1) is 11.7 Å². The van der Waals surface area contributed by atoms with Crippen molar-refractivity contribution in [2.24, 2.45) is 5.92 Å². The highest BCUT2D eigenvalue weighted by molar-refractivity contribution is 5.80. The van der Waals surface area contributed by atoms with E-state index in [9.17, 15) is 4.39 Å². The summed E-state index contributed by atoms with van der Waals surface area (Å²) in [7, 11) is 1.78. The Bertz CT molecular complexity index is 1170. The molecule has 0 fully saturated rings. The lowest BCUT2D eigenvalue weighted by Gasteiger charge is -2.10. The van der Waals surface area contributed by atoms with E-state index in [2.05, 4.69) is 46.6 Å². The zero-order valence-corrected chi connectivity index (χ0v) is 18.1. The predicted molar refractivity (Wildman–Crippen MR) is 122 cm³/mol. The van der Waals surface area contributed by atoms with Crippen LogP contribution in [0.25, 0.3) is 28.3 Å². The van der Waals surface area contributed by atoms with Gasteiger partial charge in [-0.3, -0.25) is 4.40 Å². The third-order valence-corrected chi connectivity index (χ3v) is 5.45. The number of pyridine rings is 1. The van der Waals surface area contributed by atoms with Gasteiger partial charge in [-0.2, -0.15) is 0 Å². The van der Waals surface area contributed by atoms with E-state index in [0.29, 0.717) is 11.9 Å². The largest absolute Gasteiger partial charge is 0.357 e. The number of nitrogens with one attached hydrogen (secondary N) is 2. The molecule has 1 aromatic carbocycles. The van der Waals surface area contributed by atoms with Crippen molar-refractivity contribution in [3.8, 4) is 22.6 Å². The van der Waals surface area contributed by atoms with Gasteiger partial charge in [0.05, 0.1) is 17.1 Å². The van der Waals surface area contributed by atoms with Crippen LogP contribution >= 0.6 is 0 Å². The Hall–Kier alpha value is -3.32. The molecule has 0 radical (unpaired) electrons. The third-order valence-electron chi connectivity index (χ3n) is 5.45. The van der Waals surface area contributed by atoms with Crippen LogP contribution < -0.4 is 10.6 Å². The second-order valence-electron chi connectivity index (χ2n) is 7.74. The van der Waals surface area contributed by atoms with E-state index in [0.717, 1.165) is 53.4 Å². The summed E-state index contributed by atoms with van der Waals surface area (Å²) in [4.78, 5) is 13.7. The summed E-state index contributed by atoms with van der Waals surface area (Å²) in [5.74, 6) is 0.901. The van der Waals surface area contributed by atoms with Crippen LogP contribution in [0.4, 0.5) is 10.3 Å². The topological polar surface area (TPSA) is 67.1 Å². The van der Waals surface area contributed by atoms with Crippen molar-refractivity contribution in [1.82, 2.24) is 24.7 Å². The van der Waals surface area contributed by atoms with Gasteiger partial charge >= 0.3 is 0 Å².